The quantitative estimate of drug-likeness (QED) is 0.327. The van der Waals surface area contributed by atoms with Gasteiger partial charge in [0.2, 0.25) is 5.91 Å². The minimum Gasteiger partial charge on any atom is -0.494 e. The van der Waals surface area contributed by atoms with Gasteiger partial charge in [-0.15, -0.1) is 10.2 Å². The number of hydrogen-bond acceptors (Lipinski definition) is 8. The third kappa shape index (κ3) is 5.51. The van der Waals surface area contributed by atoms with E-state index in [1.54, 1.807) is 34.3 Å². The van der Waals surface area contributed by atoms with Crippen LogP contribution in [0.3, 0.4) is 0 Å². The first-order chi connectivity index (χ1) is 18.1. The lowest BCUT2D eigenvalue weighted by Gasteiger charge is -2.34. The zero-order valence-electron chi connectivity index (χ0n) is 20.3. The van der Waals surface area contributed by atoms with Crippen LogP contribution in [0.5, 0.6) is 5.75 Å². The molecule has 11 heteroatoms. The number of pyridine rings is 1. The summed E-state index contributed by atoms with van der Waals surface area (Å²) in [6.07, 6.45) is 4.92. The molecule has 5 rings (SSSR count). The summed E-state index contributed by atoms with van der Waals surface area (Å²) in [5, 5.41) is 9.40. The predicted molar refractivity (Wildman–Crippen MR) is 138 cm³/mol. The number of benzene rings is 1. The molecule has 0 N–H and O–H groups in total. The molecule has 1 aromatic carbocycles. The Balaban J connectivity index is 1.28. The van der Waals surface area contributed by atoms with Gasteiger partial charge < -0.3 is 19.0 Å². The van der Waals surface area contributed by atoms with Crippen molar-refractivity contribution in [2.75, 3.05) is 38.5 Å². The lowest BCUT2D eigenvalue weighted by Crippen LogP contribution is -2.51. The highest BCUT2D eigenvalue weighted by Gasteiger charge is 2.26. The largest absolute Gasteiger partial charge is 0.494 e. The van der Waals surface area contributed by atoms with E-state index < -0.39 is 0 Å². The molecule has 190 valence electrons. The van der Waals surface area contributed by atoms with E-state index in [0.717, 1.165) is 17.0 Å². The second-order valence-corrected chi connectivity index (χ2v) is 9.19. The fraction of sp³-hybridized carbons (Fsp3) is 0.269. The molecule has 0 bridgehead atoms. The van der Waals surface area contributed by atoms with E-state index in [2.05, 4.69) is 15.2 Å². The molecule has 0 radical (unpaired) electrons. The summed E-state index contributed by atoms with van der Waals surface area (Å²) in [7, 11) is 0. The number of furan rings is 1. The average molecular weight is 519 g/mol. The molecule has 0 aliphatic carbocycles. The number of carbonyl (C=O) groups excluding carboxylic acids is 2. The number of carbonyl (C=O) groups is 2. The van der Waals surface area contributed by atoms with Gasteiger partial charge in [-0.3, -0.25) is 19.1 Å². The van der Waals surface area contributed by atoms with Gasteiger partial charge in [0.1, 0.15) is 5.75 Å². The first kappa shape index (κ1) is 24.6. The summed E-state index contributed by atoms with van der Waals surface area (Å²) in [5.41, 5.74) is 1.67. The van der Waals surface area contributed by atoms with Crippen molar-refractivity contribution < 1.29 is 18.7 Å². The van der Waals surface area contributed by atoms with Crippen LogP contribution >= 0.6 is 11.8 Å². The van der Waals surface area contributed by atoms with Gasteiger partial charge in [0.15, 0.2) is 16.7 Å². The molecule has 0 atom stereocenters. The molecule has 37 heavy (non-hydrogen) atoms. The summed E-state index contributed by atoms with van der Waals surface area (Å²) < 4.78 is 12.7. The van der Waals surface area contributed by atoms with Crippen molar-refractivity contribution in [2.45, 2.75) is 12.1 Å². The SMILES string of the molecule is CCOc1ccc(-n2c(SCC(=O)N3CCN(C(=O)c4ccco4)CC3)nnc2-c2cccnc2)cc1. The van der Waals surface area contributed by atoms with Crippen molar-refractivity contribution in [3.8, 4) is 22.8 Å². The summed E-state index contributed by atoms with van der Waals surface area (Å²) >= 11 is 1.33. The van der Waals surface area contributed by atoms with E-state index in [0.29, 0.717) is 49.5 Å². The van der Waals surface area contributed by atoms with Crippen LogP contribution in [0.2, 0.25) is 0 Å². The van der Waals surface area contributed by atoms with Crippen LogP contribution in [0.1, 0.15) is 17.5 Å². The van der Waals surface area contributed by atoms with Crippen molar-refractivity contribution in [3.05, 3.63) is 72.9 Å². The number of nitrogens with zero attached hydrogens (tertiary/aromatic N) is 6. The Bertz CT molecular complexity index is 1330. The van der Waals surface area contributed by atoms with Gasteiger partial charge in [0, 0.05) is 49.8 Å². The van der Waals surface area contributed by atoms with Crippen LogP contribution in [0.25, 0.3) is 17.1 Å². The van der Waals surface area contributed by atoms with E-state index in [1.807, 2.05) is 47.9 Å². The van der Waals surface area contributed by atoms with Gasteiger partial charge in [-0.2, -0.15) is 0 Å². The van der Waals surface area contributed by atoms with Crippen molar-refractivity contribution in [1.82, 2.24) is 29.5 Å². The van der Waals surface area contributed by atoms with Gasteiger partial charge in [-0.05, 0) is 55.5 Å². The summed E-state index contributed by atoms with van der Waals surface area (Å²) in [4.78, 5) is 33.2. The minimum atomic E-state index is -0.155. The van der Waals surface area contributed by atoms with Crippen molar-refractivity contribution in [1.29, 1.82) is 0 Å². The fourth-order valence-electron chi connectivity index (χ4n) is 4.07. The van der Waals surface area contributed by atoms with E-state index >= 15 is 0 Å². The molecular formula is C26H26N6O4S. The maximum atomic E-state index is 13.0. The van der Waals surface area contributed by atoms with Crippen molar-refractivity contribution in [2.24, 2.45) is 0 Å². The Labute approximate surface area is 218 Å². The van der Waals surface area contributed by atoms with E-state index in [4.69, 9.17) is 9.15 Å². The van der Waals surface area contributed by atoms with Crippen molar-refractivity contribution >= 4 is 23.6 Å². The fourth-order valence-corrected chi connectivity index (χ4v) is 4.92. The molecule has 0 saturated carbocycles. The minimum absolute atomic E-state index is 0.0146. The third-order valence-electron chi connectivity index (χ3n) is 5.94. The molecule has 4 heterocycles. The molecule has 1 saturated heterocycles. The average Bonchev–Trinajstić information content (AvgIpc) is 3.63. The predicted octanol–water partition coefficient (Wildman–Crippen LogP) is 3.40. The normalized spacial score (nSPS) is 13.5. The molecule has 0 unspecified atom stereocenters. The number of hydrogen-bond donors (Lipinski definition) is 0. The molecular weight excluding hydrogens is 492 g/mol. The van der Waals surface area contributed by atoms with Crippen LogP contribution in [-0.4, -0.2) is 79.9 Å². The number of ether oxygens (including phenoxy) is 1. The number of rotatable bonds is 8. The molecule has 3 aromatic heterocycles. The van der Waals surface area contributed by atoms with Gasteiger partial charge >= 0.3 is 0 Å². The van der Waals surface area contributed by atoms with Gasteiger partial charge in [0.25, 0.3) is 5.91 Å². The Hall–Kier alpha value is -4.12. The smallest absolute Gasteiger partial charge is 0.289 e. The lowest BCUT2D eigenvalue weighted by molar-refractivity contribution is -0.129. The van der Waals surface area contributed by atoms with E-state index in [1.165, 1.54) is 18.0 Å². The monoisotopic (exact) mass is 518 g/mol. The summed E-state index contributed by atoms with van der Waals surface area (Å²) in [6, 6.07) is 14.8. The molecule has 1 aliphatic rings. The molecule has 4 aromatic rings. The number of aromatic nitrogens is 4. The number of piperazine rings is 1. The standard InChI is InChI=1S/C26H26N6O4S/c1-2-35-21-9-7-20(8-10-21)32-24(19-5-3-11-27-17-19)28-29-26(32)37-18-23(33)30-12-14-31(15-13-30)25(34)22-6-4-16-36-22/h3-11,16-17H,2,12-15,18H2,1H3. The summed E-state index contributed by atoms with van der Waals surface area (Å²) in [6.45, 7) is 4.39. The summed E-state index contributed by atoms with van der Waals surface area (Å²) in [5.74, 6) is 1.76. The topological polar surface area (TPSA) is 107 Å². The van der Waals surface area contributed by atoms with Crippen LogP contribution < -0.4 is 4.74 Å². The van der Waals surface area contributed by atoms with E-state index in [9.17, 15) is 9.59 Å². The maximum Gasteiger partial charge on any atom is 0.289 e. The van der Waals surface area contributed by atoms with Crippen LogP contribution in [0, 0.1) is 0 Å². The van der Waals surface area contributed by atoms with E-state index in [-0.39, 0.29) is 17.6 Å². The molecule has 2 amide bonds. The zero-order chi connectivity index (χ0) is 25.6. The first-order valence-electron chi connectivity index (χ1n) is 12.0. The Morgan fingerprint density at radius 3 is 2.46 bits per heavy atom. The van der Waals surface area contributed by atoms with Crippen LogP contribution in [0.4, 0.5) is 0 Å². The zero-order valence-corrected chi connectivity index (χ0v) is 21.1. The van der Waals surface area contributed by atoms with Gasteiger partial charge in [0.05, 0.1) is 18.6 Å². The van der Waals surface area contributed by atoms with Gasteiger partial charge in [-0.25, -0.2) is 0 Å². The lowest BCUT2D eigenvalue weighted by atomic mass is 10.2. The highest BCUT2D eigenvalue weighted by molar-refractivity contribution is 7.99. The second-order valence-electron chi connectivity index (χ2n) is 8.25. The number of thioether (sulfide) groups is 1. The second kappa shape index (κ2) is 11.3. The first-order valence-corrected chi connectivity index (χ1v) is 12.9. The Morgan fingerprint density at radius 2 is 1.78 bits per heavy atom. The van der Waals surface area contributed by atoms with Crippen LogP contribution in [0.15, 0.2) is 76.8 Å². The molecule has 10 nitrogen and oxygen atoms in total. The van der Waals surface area contributed by atoms with Gasteiger partial charge in [-0.1, -0.05) is 11.8 Å². The third-order valence-corrected chi connectivity index (χ3v) is 6.85. The highest BCUT2D eigenvalue weighted by Crippen LogP contribution is 2.29. The Kier molecular flexibility index (Phi) is 7.50. The number of amides is 2. The Morgan fingerprint density at radius 1 is 1.00 bits per heavy atom. The molecule has 0 spiro atoms. The maximum absolute atomic E-state index is 13.0. The molecule has 1 aliphatic heterocycles. The highest BCUT2D eigenvalue weighted by atomic mass is 32.2. The molecule has 1 fully saturated rings. The van der Waals surface area contributed by atoms with Crippen molar-refractivity contribution in [3.63, 3.8) is 0 Å². The van der Waals surface area contributed by atoms with Crippen LogP contribution in [-0.2, 0) is 4.79 Å².